The second-order valence-electron chi connectivity index (χ2n) is 3.38. The summed E-state index contributed by atoms with van der Waals surface area (Å²) in [4.78, 5) is 0. The molecule has 4 nitrogen and oxygen atoms in total. The maximum Gasteiger partial charge on any atom is 0.119 e. The minimum Gasteiger partial charge on any atom is -0.494 e. The van der Waals surface area contributed by atoms with Crippen molar-refractivity contribution in [2.45, 2.75) is 19.9 Å². The van der Waals surface area contributed by atoms with Gasteiger partial charge in [0, 0.05) is 6.61 Å². The number of nitrogens with two attached hydrogens (primary N) is 1. The zero-order valence-electron chi connectivity index (χ0n) is 9.90. The summed E-state index contributed by atoms with van der Waals surface area (Å²) >= 11 is 0. The van der Waals surface area contributed by atoms with Gasteiger partial charge in [0.05, 0.1) is 19.3 Å². The van der Waals surface area contributed by atoms with Crippen molar-refractivity contribution in [2.24, 2.45) is 5.84 Å². The Bertz CT molecular complexity index is 288. The monoisotopic (exact) mass is 224 g/mol. The Morgan fingerprint density at radius 2 is 1.88 bits per heavy atom. The van der Waals surface area contributed by atoms with Crippen molar-refractivity contribution >= 4 is 0 Å². The van der Waals surface area contributed by atoms with E-state index in [-0.39, 0.29) is 6.04 Å². The van der Waals surface area contributed by atoms with Crippen LogP contribution in [0.5, 0.6) is 5.75 Å². The van der Waals surface area contributed by atoms with Crippen LogP contribution in [0.2, 0.25) is 0 Å². The number of hydrogen-bond donors (Lipinski definition) is 2. The third-order valence-corrected chi connectivity index (χ3v) is 2.28. The van der Waals surface area contributed by atoms with Crippen molar-refractivity contribution in [2.75, 3.05) is 19.8 Å². The largest absolute Gasteiger partial charge is 0.494 e. The highest BCUT2D eigenvalue weighted by atomic mass is 16.5. The Balaban J connectivity index is 2.62. The SMILES string of the molecule is CCOCC(NN)c1ccc(OCC)cc1. The minimum absolute atomic E-state index is 0.0237. The fourth-order valence-electron chi connectivity index (χ4n) is 1.44. The molecule has 1 atom stereocenters. The van der Waals surface area contributed by atoms with Gasteiger partial charge in [-0.1, -0.05) is 12.1 Å². The molecular weight excluding hydrogens is 204 g/mol. The molecule has 0 saturated carbocycles. The number of rotatable bonds is 7. The first-order valence-electron chi connectivity index (χ1n) is 5.58. The van der Waals surface area contributed by atoms with Crippen LogP contribution >= 0.6 is 0 Å². The molecule has 90 valence electrons. The first kappa shape index (κ1) is 13.0. The van der Waals surface area contributed by atoms with E-state index in [1.807, 2.05) is 38.1 Å². The first-order chi connectivity index (χ1) is 7.81. The molecular formula is C12H20N2O2. The van der Waals surface area contributed by atoms with Crippen LogP contribution in [0.3, 0.4) is 0 Å². The summed E-state index contributed by atoms with van der Waals surface area (Å²) < 4.78 is 10.7. The number of benzene rings is 1. The number of nitrogens with one attached hydrogen (secondary N) is 1. The normalized spacial score (nSPS) is 12.4. The Morgan fingerprint density at radius 3 is 2.38 bits per heavy atom. The molecule has 0 amide bonds. The molecule has 1 aromatic rings. The number of hydrazine groups is 1. The van der Waals surface area contributed by atoms with Gasteiger partial charge in [-0.15, -0.1) is 0 Å². The van der Waals surface area contributed by atoms with Crippen molar-refractivity contribution in [3.05, 3.63) is 29.8 Å². The van der Waals surface area contributed by atoms with E-state index in [1.54, 1.807) is 0 Å². The molecule has 16 heavy (non-hydrogen) atoms. The standard InChI is InChI=1S/C12H20N2O2/c1-3-15-9-12(14-13)10-5-7-11(8-6-10)16-4-2/h5-8,12,14H,3-4,9,13H2,1-2H3. The predicted molar refractivity (Wildman–Crippen MR) is 64.2 cm³/mol. The molecule has 0 bridgehead atoms. The van der Waals surface area contributed by atoms with Gasteiger partial charge in [0.25, 0.3) is 0 Å². The molecule has 1 unspecified atom stereocenters. The smallest absolute Gasteiger partial charge is 0.119 e. The van der Waals surface area contributed by atoms with Gasteiger partial charge in [-0.3, -0.25) is 11.3 Å². The molecule has 3 N–H and O–H groups in total. The van der Waals surface area contributed by atoms with Gasteiger partial charge >= 0.3 is 0 Å². The molecule has 0 fully saturated rings. The summed E-state index contributed by atoms with van der Waals surface area (Å²) in [5, 5.41) is 0. The Kier molecular flexibility index (Phi) is 5.85. The van der Waals surface area contributed by atoms with Crippen molar-refractivity contribution in [1.82, 2.24) is 5.43 Å². The summed E-state index contributed by atoms with van der Waals surface area (Å²) in [5.41, 5.74) is 3.84. The van der Waals surface area contributed by atoms with E-state index >= 15 is 0 Å². The van der Waals surface area contributed by atoms with E-state index in [2.05, 4.69) is 5.43 Å². The quantitative estimate of drug-likeness (QED) is 0.546. The topological polar surface area (TPSA) is 56.5 Å². The van der Waals surface area contributed by atoms with E-state index < -0.39 is 0 Å². The van der Waals surface area contributed by atoms with Gasteiger partial charge in [0.2, 0.25) is 0 Å². The highest BCUT2D eigenvalue weighted by Crippen LogP contribution is 2.17. The van der Waals surface area contributed by atoms with Gasteiger partial charge in [-0.25, -0.2) is 0 Å². The Labute approximate surface area is 96.7 Å². The molecule has 0 aromatic heterocycles. The van der Waals surface area contributed by atoms with E-state index in [0.29, 0.717) is 19.8 Å². The first-order valence-corrected chi connectivity index (χ1v) is 5.58. The highest BCUT2D eigenvalue weighted by molar-refractivity contribution is 5.29. The van der Waals surface area contributed by atoms with Crippen LogP contribution in [0.25, 0.3) is 0 Å². The summed E-state index contributed by atoms with van der Waals surface area (Å²) in [7, 11) is 0. The van der Waals surface area contributed by atoms with E-state index in [1.165, 1.54) is 0 Å². The molecule has 0 saturated heterocycles. The van der Waals surface area contributed by atoms with Gasteiger partial charge in [-0.2, -0.15) is 0 Å². The lowest BCUT2D eigenvalue weighted by molar-refractivity contribution is 0.123. The predicted octanol–water partition coefficient (Wildman–Crippen LogP) is 1.63. The average Bonchev–Trinajstić information content (AvgIpc) is 2.32. The third-order valence-electron chi connectivity index (χ3n) is 2.28. The lowest BCUT2D eigenvalue weighted by Crippen LogP contribution is -2.31. The van der Waals surface area contributed by atoms with Crippen LogP contribution in [0, 0.1) is 0 Å². The van der Waals surface area contributed by atoms with E-state index in [9.17, 15) is 0 Å². The fraction of sp³-hybridized carbons (Fsp3) is 0.500. The summed E-state index contributed by atoms with van der Waals surface area (Å²) in [6.07, 6.45) is 0. The lowest BCUT2D eigenvalue weighted by Gasteiger charge is -2.16. The Hall–Kier alpha value is -1.10. The summed E-state index contributed by atoms with van der Waals surface area (Å²) in [6, 6.07) is 7.89. The van der Waals surface area contributed by atoms with Gasteiger partial charge in [-0.05, 0) is 31.5 Å². The van der Waals surface area contributed by atoms with Gasteiger partial charge < -0.3 is 9.47 Å². The zero-order valence-corrected chi connectivity index (χ0v) is 9.90. The van der Waals surface area contributed by atoms with Crippen LogP contribution in [-0.2, 0) is 4.74 Å². The van der Waals surface area contributed by atoms with Crippen LogP contribution in [0.1, 0.15) is 25.5 Å². The molecule has 0 radical (unpaired) electrons. The summed E-state index contributed by atoms with van der Waals surface area (Å²) in [5.74, 6) is 6.35. The molecule has 0 aliphatic carbocycles. The molecule has 0 aliphatic heterocycles. The number of hydrogen-bond acceptors (Lipinski definition) is 4. The van der Waals surface area contributed by atoms with Crippen LogP contribution in [0.4, 0.5) is 0 Å². The maximum atomic E-state index is 5.48. The van der Waals surface area contributed by atoms with Crippen LogP contribution in [0.15, 0.2) is 24.3 Å². The molecule has 0 spiro atoms. The molecule has 0 heterocycles. The third kappa shape index (κ3) is 3.81. The van der Waals surface area contributed by atoms with Crippen molar-refractivity contribution in [3.63, 3.8) is 0 Å². The molecule has 0 aliphatic rings. The van der Waals surface area contributed by atoms with Crippen molar-refractivity contribution in [3.8, 4) is 5.75 Å². The van der Waals surface area contributed by atoms with E-state index in [0.717, 1.165) is 11.3 Å². The number of ether oxygens (including phenoxy) is 2. The Morgan fingerprint density at radius 1 is 1.19 bits per heavy atom. The average molecular weight is 224 g/mol. The second kappa shape index (κ2) is 7.22. The van der Waals surface area contributed by atoms with Crippen LogP contribution in [-0.4, -0.2) is 19.8 Å². The zero-order chi connectivity index (χ0) is 11.8. The molecule has 1 rings (SSSR count). The fourth-order valence-corrected chi connectivity index (χ4v) is 1.44. The van der Waals surface area contributed by atoms with Gasteiger partial charge in [0.1, 0.15) is 5.75 Å². The van der Waals surface area contributed by atoms with Gasteiger partial charge in [0.15, 0.2) is 0 Å². The van der Waals surface area contributed by atoms with Crippen molar-refractivity contribution < 1.29 is 9.47 Å². The molecule has 1 aromatic carbocycles. The highest BCUT2D eigenvalue weighted by Gasteiger charge is 2.09. The lowest BCUT2D eigenvalue weighted by atomic mass is 10.1. The van der Waals surface area contributed by atoms with Crippen LogP contribution < -0.4 is 16.0 Å². The molecule has 4 heteroatoms. The maximum absolute atomic E-state index is 5.48. The second-order valence-corrected chi connectivity index (χ2v) is 3.38. The summed E-state index contributed by atoms with van der Waals surface area (Å²) in [6.45, 7) is 5.87. The minimum atomic E-state index is 0.0237. The van der Waals surface area contributed by atoms with E-state index in [4.69, 9.17) is 15.3 Å². The van der Waals surface area contributed by atoms with Crippen molar-refractivity contribution in [1.29, 1.82) is 0 Å².